The lowest BCUT2D eigenvalue weighted by Gasteiger charge is -2.11. The third-order valence-corrected chi connectivity index (χ3v) is 4.09. The van der Waals surface area contributed by atoms with Crippen LogP contribution >= 0.6 is 11.6 Å². The van der Waals surface area contributed by atoms with Gasteiger partial charge in [0, 0.05) is 16.1 Å². The van der Waals surface area contributed by atoms with E-state index in [1.54, 1.807) is 42.5 Å². The van der Waals surface area contributed by atoms with Crippen LogP contribution in [0.5, 0.6) is 11.5 Å². The van der Waals surface area contributed by atoms with E-state index in [9.17, 15) is 9.59 Å². The second kappa shape index (κ2) is 9.20. The molecule has 0 saturated carbocycles. The van der Waals surface area contributed by atoms with Crippen molar-refractivity contribution < 1.29 is 28.3 Å². The summed E-state index contributed by atoms with van der Waals surface area (Å²) in [6, 6.07) is 11.6. The molecule has 0 unspecified atom stereocenters. The van der Waals surface area contributed by atoms with Crippen molar-refractivity contribution in [2.24, 2.45) is 0 Å². The van der Waals surface area contributed by atoms with Crippen molar-refractivity contribution >= 4 is 23.4 Å². The number of halogens is 1. The van der Waals surface area contributed by atoms with Crippen molar-refractivity contribution in [3.05, 3.63) is 58.9 Å². The number of hydrogen-bond acceptors (Lipinski definition) is 8. The molecule has 0 atom stereocenters. The molecule has 2 aromatic carbocycles. The van der Waals surface area contributed by atoms with Gasteiger partial charge in [-0.1, -0.05) is 16.8 Å². The summed E-state index contributed by atoms with van der Waals surface area (Å²) in [7, 11) is 1.44. The second-order valence-electron chi connectivity index (χ2n) is 5.89. The summed E-state index contributed by atoms with van der Waals surface area (Å²) < 4.78 is 20.7. The van der Waals surface area contributed by atoms with Crippen LogP contribution in [0.3, 0.4) is 0 Å². The van der Waals surface area contributed by atoms with E-state index in [0.29, 0.717) is 27.9 Å². The molecule has 9 heteroatoms. The molecule has 29 heavy (non-hydrogen) atoms. The van der Waals surface area contributed by atoms with Gasteiger partial charge in [0.2, 0.25) is 5.82 Å². The number of benzene rings is 2. The smallest absolute Gasteiger partial charge is 0.344 e. The van der Waals surface area contributed by atoms with Gasteiger partial charge < -0.3 is 18.7 Å². The number of carbonyl (C=O) groups is 2. The van der Waals surface area contributed by atoms with Crippen LogP contribution in [0.1, 0.15) is 23.2 Å². The third kappa shape index (κ3) is 5.32. The molecule has 0 amide bonds. The second-order valence-corrected chi connectivity index (χ2v) is 6.33. The van der Waals surface area contributed by atoms with Gasteiger partial charge in [0.05, 0.1) is 7.11 Å². The van der Waals surface area contributed by atoms with Gasteiger partial charge in [0.25, 0.3) is 5.89 Å². The van der Waals surface area contributed by atoms with E-state index in [4.69, 9.17) is 30.3 Å². The van der Waals surface area contributed by atoms with Crippen LogP contribution < -0.4 is 9.47 Å². The summed E-state index contributed by atoms with van der Waals surface area (Å²) in [5.74, 6) is 0.430. The predicted octanol–water partition coefficient (Wildman–Crippen LogP) is 3.72. The molecule has 3 rings (SSSR count). The highest BCUT2D eigenvalue weighted by atomic mass is 35.5. The number of hydrogen-bond donors (Lipinski definition) is 0. The first kappa shape index (κ1) is 20.3. The summed E-state index contributed by atoms with van der Waals surface area (Å²) >= 11 is 5.85. The number of methoxy groups -OCH3 is 1. The number of rotatable bonds is 8. The number of nitrogens with zero attached hydrogens (tertiary/aromatic N) is 2. The summed E-state index contributed by atoms with van der Waals surface area (Å²) in [5.41, 5.74) is 1.20. The van der Waals surface area contributed by atoms with Gasteiger partial charge in [-0.2, -0.15) is 4.98 Å². The first-order valence-corrected chi connectivity index (χ1v) is 8.90. The van der Waals surface area contributed by atoms with Crippen LogP contribution in [0.4, 0.5) is 0 Å². The Kier molecular flexibility index (Phi) is 6.46. The highest BCUT2D eigenvalue weighted by Crippen LogP contribution is 2.28. The van der Waals surface area contributed by atoms with E-state index < -0.39 is 5.97 Å². The topological polar surface area (TPSA) is 101 Å². The van der Waals surface area contributed by atoms with E-state index in [1.165, 1.54) is 14.0 Å². The zero-order valence-electron chi connectivity index (χ0n) is 15.7. The molecule has 0 fully saturated rings. The molecule has 0 aliphatic heterocycles. The molecule has 150 valence electrons. The Morgan fingerprint density at radius 3 is 2.55 bits per heavy atom. The number of ether oxygens (including phenoxy) is 3. The summed E-state index contributed by atoms with van der Waals surface area (Å²) in [5, 5.41) is 4.43. The van der Waals surface area contributed by atoms with E-state index >= 15 is 0 Å². The molecule has 1 aromatic heterocycles. The fourth-order valence-electron chi connectivity index (χ4n) is 2.36. The molecule has 3 aromatic rings. The Bertz CT molecular complexity index is 1020. The van der Waals surface area contributed by atoms with Gasteiger partial charge in [0.15, 0.2) is 30.5 Å². The minimum absolute atomic E-state index is 0.105. The maximum atomic E-state index is 11.9. The standard InChI is InChI=1S/C20H17ClN2O6/c1-12(24)14-5-8-16(17(9-14)26-2)27-11-19(25)28-10-18-22-20(23-29-18)13-3-6-15(21)7-4-13/h3-9H,10-11H2,1-2H3. The molecule has 1 heterocycles. The number of ketones is 1. The molecular formula is C20H17ClN2O6. The molecule has 0 spiro atoms. The van der Waals surface area contributed by atoms with Gasteiger partial charge in [-0.3, -0.25) is 4.79 Å². The molecule has 0 aliphatic rings. The first-order chi connectivity index (χ1) is 14.0. The van der Waals surface area contributed by atoms with Crippen LogP contribution in [0.2, 0.25) is 5.02 Å². The molecule has 8 nitrogen and oxygen atoms in total. The van der Waals surface area contributed by atoms with Crippen LogP contribution in [0.25, 0.3) is 11.4 Å². The average molecular weight is 417 g/mol. The fraction of sp³-hybridized carbons (Fsp3) is 0.200. The third-order valence-electron chi connectivity index (χ3n) is 3.84. The lowest BCUT2D eigenvalue weighted by atomic mass is 10.1. The fourth-order valence-corrected chi connectivity index (χ4v) is 2.48. The number of Topliss-reactive ketones (excluding diaryl/α,β-unsaturated/α-hetero) is 1. The van der Waals surface area contributed by atoms with E-state index in [-0.39, 0.29) is 24.9 Å². The predicted molar refractivity (Wildman–Crippen MR) is 103 cm³/mol. The molecule has 0 N–H and O–H groups in total. The Morgan fingerprint density at radius 1 is 1.10 bits per heavy atom. The van der Waals surface area contributed by atoms with Gasteiger partial charge in [-0.05, 0) is 49.4 Å². The summed E-state index contributed by atoms with van der Waals surface area (Å²) in [6.45, 7) is 0.902. The van der Waals surface area contributed by atoms with Gasteiger partial charge in [-0.25, -0.2) is 4.79 Å². The highest BCUT2D eigenvalue weighted by Gasteiger charge is 2.14. The normalized spacial score (nSPS) is 10.4. The molecule has 0 saturated heterocycles. The SMILES string of the molecule is COc1cc(C(C)=O)ccc1OCC(=O)OCc1nc(-c2ccc(Cl)cc2)no1. The monoisotopic (exact) mass is 416 g/mol. The zero-order valence-corrected chi connectivity index (χ0v) is 16.4. The molecule has 0 bridgehead atoms. The van der Waals surface area contributed by atoms with Crippen molar-refractivity contribution in [3.8, 4) is 22.9 Å². The summed E-state index contributed by atoms with van der Waals surface area (Å²) in [4.78, 5) is 27.5. The van der Waals surface area contributed by atoms with Crippen molar-refractivity contribution in [3.63, 3.8) is 0 Å². The lowest BCUT2D eigenvalue weighted by Crippen LogP contribution is -2.15. The molecule has 0 radical (unpaired) electrons. The summed E-state index contributed by atoms with van der Waals surface area (Å²) in [6.07, 6.45) is 0. The van der Waals surface area contributed by atoms with Crippen LogP contribution in [-0.4, -0.2) is 35.6 Å². The Labute approximate surface area is 171 Å². The van der Waals surface area contributed by atoms with Crippen molar-refractivity contribution in [1.82, 2.24) is 10.1 Å². The van der Waals surface area contributed by atoms with Gasteiger partial charge in [0.1, 0.15) is 0 Å². The van der Waals surface area contributed by atoms with E-state index in [1.807, 2.05) is 0 Å². The van der Waals surface area contributed by atoms with Gasteiger partial charge in [-0.15, -0.1) is 0 Å². The quantitative estimate of drug-likeness (QED) is 0.404. The van der Waals surface area contributed by atoms with E-state index in [0.717, 1.165) is 5.56 Å². The van der Waals surface area contributed by atoms with E-state index in [2.05, 4.69) is 10.1 Å². The minimum atomic E-state index is -0.631. The number of esters is 1. The van der Waals surface area contributed by atoms with Crippen LogP contribution in [0, 0.1) is 0 Å². The van der Waals surface area contributed by atoms with Crippen molar-refractivity contribution in [2.45, 2.75) is 13.5 Å². The Hall–Kier alpha value is -3.39. The molecule has 0 aliphatic carbocycles. The largest absolute Gasteiger partial charge is 0.493 e. The minimum Gasteiger partial charge on any atom is -0.493 e. The first-order valence-electron chi connectivity index (χ1n) is 8.52. The van der Waals surface area contributed by atoms with Gasteiger partial charge >= 0.3 is 5.97 Å². The average Bonchev–Trinajstić information content (AvgIpc) is 3.20. The maximum Gasteiger partial charge on any atom is 0.344 e. The lowest BCUT2D eigenvalue weighted by molar-refractivity contribution is -0.148. The number of carbonyl (C=O) groups excluding carboxylic acids is 2. The Balaban J connectivity index is 1.53. The maximum absolute atomic E-state index is 11.9. The Morgan fingerprint density at radius 2 is 1.86 bits per heavy atom. The molecular weight excluding hydrogens is 400 g/mol. The van der Waals surface area contributed by atoms with Crippen LogP contribution in [0.15, 0.2) is 47.0 Å². The number of aromatic nitrogens is 2. The highest BCUT2D eigenvalue weighted by molar-refractivity contribution is 6.30. The van der Waals surface area contributed by atoms with Crippen LogP contribution in [-0.2, 0) is 16.1 Å². The zero-order chi connectivity index (χ0) is 20.8. The van der Waals surface area contributed by atoms with Crippen molar-refractivity contribution in [1.29, 1.82) is 0 Å². The van der Waals surface area contributed by atoms with Crippen molar-refractivity contribution in [2.75, 3.05) is 13.7 Å².